The van der Waals surface area contributed by atoms with Gasteiger partial charge in [-0.15, -0.1) is 11.3 Å². The standard InChI is InChI=1S/C10H6S/c1-2-4-9-7(3-1)8-5-6-10(8)11-9/h1-6H. The highest BCUT2D eigenvalue weighted by molar-refractivity contribution is 7.20. The van der Waals surface area contributed by atoms with E-state index in [0.29, 0.717) is 0 Å². The van der Waals surface area contributed by atoms with Crippen LogP contribution in [-0.2, 0) is 0 Å². The highest BCUT2D eigenvalue weighted by atomic mass is 32.1. The Bertz CT molecular complexity index is 449. The summed E-state index contributed by atoms with van der Waals surface area (Å²) >= 11 is 1.88. The van der Waals surface area contributed by atoms with Gasteiger partial charge in [-0.3, -0.25) is 0 Å². The zero-order valence-corrected chi connectivity index (χ0v) is 6.69. The molecule has 3 rings (SSSR count). The minimum atomic E-state index is 1.41. The zero-order valence-electron chi connectivity index (χ0n) is 5.87. The second-order valence-electron chi connectivity index (χ2n) is 2.71. The van der Waals surface area contributed by atoms with Crippen molar-refractivity contribution in [1.29, 1.82) is 0 Å². The molecule has 0 atom stereocenters. The van der Waals surface area contributed by atoms with Crippen LogP contribution in [0.2, 0.25) is 0 Å². The third-order valence-electron chi connectivity index (χ3n) is 2.06. The fraction of sp³-hybridized carbons (Fsp3) is 0. The number of fused-ring (bicyclic) bond motifs is 3. The molecule has 0 fully saturated rings. The van der Waals surface area contributed by atoms with Gasteiger partial charge in [-0.2, -0.15) is 0 Å². The fourth-order valence-corrected chi connectivity index (χ4v) is 2.54. The van der Waals surface area contributed by atoms with E-state index in [9.17, 15) is 0 Å². The Labute approximate surface area is 68.8 Å². The third kappa shape index (κ3) is 0.589. The van der Waals surface area contributed by atoms with E-state index in [1.54, 1.807) is 0 Å². The fourth-order valence-electron chi connectivity index (χ4n) is 1.44. The van der Waals surface area contributed by atoms with Crippen molar-refractivity contribution < 1.29 is 0 Å². The van der Waals surface area contributed by atoms with Gasteiger partial charge < -0.3 is 0 Å². The number of rotatable bonds is 0. The van der Waals surface area contributed by atoms with E-state index >= 15 is 0 Å². The molecule has 1 aromatic carbocycles. The maximum absolute atomic E-state index is 2.19. The lowest BCUT2D eigenvalue weighted by Gasteiger charge is -2.00. The van der Waals surface area contributed by atoms with Gasteiger partial charge in [0.1, 0.15) is 0 Å². The monoisotopic (exact) mass is 158 g/mol. The van der Waals surface area contributed by atoms with Gasteiger partial charge in [0.15, 0.2) is 0 Å². The molecule has 0 saturated heterocycles. The quantitative estimate of drug-likeness (QED) is 0.470. The molecule has 0 N–H and O–H groups in total. The van der Waals surface area contributed by atoms with Gasteiger partial charge in [-0.25, -0.2) is 0 Å². The summed E-state index contributed by atoms with van der Waals surface area (Å²) in [5, 5.41) is 1.41. The summed E-state index contributed by atoms with van der Waals surface area (Å²) in [6.45, 7) is 0. The first-order valence-corrected chi connectivity index (χ1v) is 4.46. The van der Waals surface area contributed by atoms with Crippen molar-refractivity contribution in [1.82, 2.24) is 0 Å². The largest absolute Gasteiger partial charge is 0.135 e. The second kappa shape index (κ2) is 1.74. The summed E-state index contributed by atoms with van der Waals surface area (Å²) in [5.41, 5.74) is 1.44. The molecule has 1 heteroatoms. The van der Waals surface area contributed by atoms with E-state index in [1.165, 1.54) is 20.5 Å². The van der Waals surface area contributed by atoms with Gasteiger partial charge in [-0.05, 0) is 12.1 Å². The van der Waals surface area contributed by atoms with E-state index in [1.807, 2.05) is 11.3 Å². The number of benzene rings is 1. The van der Waals surface area contributed by atoms with Crippen molar-refractivity contribution in [3.8, 4) is 0 Å². The van der Waals surface area contributed by atoms with Crippen molar-refractivity contribution in [2.24, 2.45) is 0 Å². The molecule has 0 bridgehead atoms. The van der Waals surface area contributed by atoms with Crippen LogP contribution >= 0.6 is 11.3 Å². The van der Waals surface area contributed by atoms with E-state index in [2.05, 4.69) is 36.4 Å². The van der Waals surface area contributed by atoms with Crippen LogP contribution in [0.5, 0.6) is 0 Å². The molecule has 0 amide bonds. The van der Waals surface area contributed by atoms with Crippen molar-refractivity contribution in [3.63, 3.8) is 0 Å². The zero-order chi connectivity index (χ0) is 7.26. The minimum Gasteiger partial charge on any atom is -0.135 e. The van der Waals surface area contributed by atoms with Crippen molar-refractivity contribution in [2.75, 3.05) is 0 Å². The smallest absolute Gasteiger partial charge is 0.0355 e. The molecular formula is C10H6S. The first-order chi connectivity index (χ1) is 5.45. The van der Waals surface area contributed by atoms with Crippen LogP contribution in [-0.4, -0.2) is 0 Å². The summed E-state index contributed by atoms with van der Waals surface area (Å²) in [6.07, 6.45) is 4.37. The Balaban J connectivity index is 2.56. The Kier molecular flexibility index (Phi) is 0.880. The van der Waals surface area contributed by atoms with Gasteiger partial charge in [0.05, 0.1) is 0 Å². The summed E-state index contributed by atoms with van der Waals surface area (Å²) in [7, 11) is 0. The van der Waals surface area contributed by atoms with Crippen LogP contribution in [0.15, 0.2) is 24.3 Å². The molecule has 1 aromatic heterocycles. The first-order valence-electron chi connectivity index (χ1n) is 3.65. The van der Waals surface area contributed by atoms with Gasteiger partial charge in [0.25, 0.3) is 0 Å². The molecule has 0 unspecified atom stereocenters. The molecule has 0 spiro atoms. The summed E-state index contributed by atoms with van der Waals surface area (Å²) in [6, 6.07) is 8.56. The van der Waals surface area contributed by atoms with Crippen LogP contribution in [0, 0.1) is 0 Å². The molecule has 0 aliphatic heterocycles. The van der Waals surface area contributed by atoms with Crippen LogP contribution in [0.1, 0.15) is 10.4 Å². The Morgan fingerprint density at radius 3 is 2.73 bits per heavy atom. The van der Waals surface area contributed by atoms with Gasteiger partial charge >= 0.3 is 0 Å². The van der Waals surface area contributed by atoms with E-state index in [-0.39, 0.29) is 0 Å². The van der Waals surface area contributed by atoms with E-state index in [0.717, 1.165) is 0 Å². The predicted molar refractivity (Wildman–Crippen MR) is 50.8 cm³/mol. The molecular weight excluding hydrogens is 152 g/mol. The molecule has 2 aromatic rings. The van der Waals surface area contributed by atoms with Crippen LogP contribution < -0.4 is 0 Å². The SMILES string of the molecule is C1=Cc2c1sc1ccccc21. The van der Waals surface area contributed by atoms with Crippen LogP contribution in [0.25, 0.3) is 22.2 Å². The summed E-state index contributed by atoms with van der Waals surface area (Å²) in [5.74, 6) is 0. The predicted octanol–water partition coefficient (Wildman–Crippen LogP) is 3.39. The number of hydrogen-bond acceptors (Lipinski definition) is 1. The number of hydrogen-bond donors (Lipinski definition) is 0. The van der Waals surface area contributed by atoms with Crippen molar-refractivity contribution >= 4 is 33.6 Å². The molecule has 1 aliphatic rings. The second-order valence-corrected chi connectivity index (χ2v) is 3.79. The minimum absolute atomic E-state index is 1.41. The highest BCUT2D eigenvalue weighted by Crippen LogP contribution is 2.38. The Hall–Kier alpha value is -1.08. The third-order valence-corrected chi connectivity index (χ3v) is 3.22. The van der Waals surface area contributed by atoms with Crippen LogP contribution in [0.4, 0.5) is 0 Å². The van der Waals surface area contributed by atoms with Crippen LogP contribution in [0.3, 0.4) is 0 Å². The Morgan fingerprint density at radius 2 is 1.91 bits per heavy atom. The van der Waals surface area contributed by atoms with Gasteiger partial charge in [-0.1, -0.05) is 24.3 Å². The number of thiophene rings is 1. The average Bonchev–Trinajstić information content (AvgIpc) is 2.23. The van der Waals surface area contributed by atoms with Gasteiger partial charge in [0, 0.05) is 20.5 Å². The van der Waals surface area contributed by atoms with Gasteiger partial charge in [0.2, 0.25) is 0 Å². The lowest BCUT2D eigenvalue weighted by atomic mass is 10.0. The molecule has 0 nitrogen and oxygen atoms in total. The molecule has 1 aliphatic carbocycles. The average molecular weight is 158 g/mol. The normalized spacial score (nSPS) is 13.1. The molecule has 0 radical (unpaired) electrons. The lowest BCUT2D eigenvalue weighted by Crippen LogP contribution is -1.79. The maximum atomic E-state index is 2.19. The summed E-state index contributed by atoms with van der Waals surface area (Å²) in [4.78, 5) is 1.44. The molecule has 1 heterocycles. The maximum Gasteiger partial charge on any atom is 0.0355 e. The molecule has 52 valence electrons. The first kappa shape index (κ1) is 5.56. The van der Waals surface area contributed by atoms with E-state index < -0.39 is 0 Å². The van der Waals surface area contributed by atoms with Crippen molar-refractivity contribution in [3.05, 3.63) is 34.7 Å². The van der Waals surface area contributed by atoms with Crippen molar-refractivity contribution in [2.45, 2.75) is 0 Å². The Morgan fingerprint density at radius 1 is 1.00 bits per heavy atom. The molecule has 0 saturated carbocycles. The topological polar surface area (TPSA) is 0 Å². The van der Waals surface area contributed by atoms with E-state index in [4.69, 9.17) is 0 Å². The highest BCUT2D eigenvalue weighted by Gasteiger charge is 2.11. The lowest BCUT2D eigenvalue weighted by molar-refractivity contribution is 1.79. The molecule has 11 heavy (non-hydrogen) atoms. The summed E-state index contributed by atoms with van der Waals surface area (Å²) < 4.78 is 1.41.